The molecule has 0 spiro atoms. The summed E-state index contributed by atoms with van der Waals surface area (Å²) >= 11 is 11.2. The van der Waals surface area contributed by atoms with Gasteiger partial charge in [0, 0.05) is 21.7 Å². The molecule has 0 fully saturated rings. The highest BCUT2D eigenvalue weighted by Crippen LogP contribution is 2.28. The number of nitrogens with zero attached hydrogens (tertiary/aromatic N) is 2. The third-order valence-electron chi connectivity index (χ3n) is 2.45. The van der Waals surface area contributed by atoms with E-state index < -0.39 is 0 Å². The van der Waals surface area contributed by atoms with Crippen molar-refractivity contribution >= 4 is 44.7 Å². The standard InChI is InChI=1S/C12H13BrClN3S/c1-3-9-6-16-12(18-9)7(2)17-11-10(14)4-8(13)5-15-11/h4-7H,3H2,1-2H3,(H,15,17). The second kappa shape index (κ2) is 5.99. The largest absolute Gasteiger partial charge is 0.360 e. The van der Waals surface area contributed by atoms with Crippen molar-refractivity contribution in [1.29, 1.82) is 0 Å². The van der Waals surface area contributed by atoms with Crippen molar-refractivity contribution in [1.82, 2.24) is 9.97 Å². The molecule has 2 rings (SSSR count). The molecule has 0 saturated carbocycles. The lowest BCUT2D eigenvalue weighted by atomic mass is 10.3. The van der Waals surface area contributed by atoms with Crippen molar-refractivity contribution in [2.24, 2.45) is 0 Å². The Kier molecular flexibility index (Phi) is 4.59. The monoisotopic (exact) mass is 345 g/mol. The van der Waals surface area contributed by atoms with Gasteiger partial charge >= 0.3 is 0 Å². The lowest BCUT2D eigenvalue weighted by molar-refractivity contribution is 0.860. The highest BCUT2D eigenvalue weighted by molar-refractivity contribution is 9.10. The molecule has 0 saturated heterocycles. The molecule has 0 aliphatic heterocycles. The molecule has 0 aliphatic rings. The number of hydrogen-bond donors (Lipinski definition) is 1. The third kappa shape index (κ3) is 3.22. The molecule has 1 atom stereocenters. The van der Waals surface area contributed by atoms with Gasteiger partial charge in [0.2, 0.25) is 0 Å². The molecule has 18 heavy (non-hydrogen) atoms. The van der Waals surface area contributed by atoms with Gasteiger partial charge in [-0.05, 0) is 35.3 Å². The van der Waals surface area contributed by atoms with Gasteiger partial charge in [0.05, 0.1) is 11.1 Å². The van der Waals surface area contributed by atoms with Crippen LogP contribution in [0.3, 0.4) is 0 Å². The molecule has 96 valence electrons. The van der Waals surface area contributed by atoms with Gasteiger partial charge in [0.15, 0.2) is 0 Å². The fourth-order valence-corrected chi connectivity index (χ4v) is 3.02. The van der Waals surface area contributed by atoms with Gasteiger partial charge in [-0.1, -0.05) is 18.5 Å². The summed E-state index contributed by atoms with van der Waals surface area (Å²) in [6.07, 6.45) is 4.66. The van der Waals surface area contributed by atoms with Gasteiger partial charge in [-0.2, -0.15) is 0 Å². The predicted molar refractivity (Wildman–Crippen MR) is 80.5 cm³/mol. The summed E-state index contributed by atoms with van der Waals surface area (Å²) in [5.41, 5.74) is 0. The number of thiazole rings is 1. The van der Waals surface area contributed by atoms with Gasteiger partial charge in [-0.25, -0.2) is 9.97 Å². The maximum Gasteiger partial charge on any atom is 0.145 e. The molecule has 0 aliphatic carbocycles. The quantitative estimate of drug-likeness (QED) is 0.872. The molecule has 1 N–H and O–H groups in total. The Bertz CT molecular complexity index is 544. The van der Waals surface area contributed by atoms with E-state index in [1.54, 1.807) is 17.5 Å². The first kappa shape index (κ1) is 13.8. The molecular formula is C12H13BrClN3S. The average Bonchev–Trinajstić information content (AvgIpc) is 2.81. The van der Waals surface area contributed by atoms with Gasteiger partial charge in [-0.3, -0.25) is 0 Å². The molecule has 2 aromatic heterocycles. The summed E-state index contributed by atoms with van der Waals surface area (Å²) in [5.74, 6) is 0.681. The Labute approximate surface area is 124 Å². The van der Waals surface area contributed by atoms with Crippen molar-refractivity contribution in [2.75, 3.05) is 5.32 Å². The van der Waals surface area contributed by atoms with E-state index in [4.69, 9.17) is 11.6 Å². The van der Waals surface area contributed by atoms with Crippen LogP contribution in [-0.4, -0.2) is 9.97 Å². The van der Waals surface area contributed by atoms with Crippen molar-refractivity contribution in [3.05, 3.63) is 37.8 Å². The number of hydrogen-bond acceptors (Lipinski definition) is 4. The van der Waals surface area contributed by atoms with Crippen LogP contribution in [0.1, 0.15) is 29.8 Å². The summed E-state index contributed by atoms with van der Waals surface area (Å²) < 4.78 is 0.869. The Morgan fingerprint density at radius 3 is 2.83 bits per heavy atom. The predicted octanol–water partition coefficient (Wildman–Crippen LogP) is 4.69. The molecular weight excluding hydrogens is 334 g/mol. The second-order valence-corrected chi connectivity index (χ2v) is 6.34. The highest BCUT2D eigenvalue weighted by Gasteiger charge is 2.12. The molecule has 0 bridgehead atoms. The number of aromatic nitrogens is 2. The van der Waals surface area contributed by atoms with Crippen LogP contribution in [0.2, 0.25) is 5.02 Å². The topological polar surface area (TPSA) is 37.8 Å². The molecule has 0 radical (unpaired) electrons. The van der Waals surface area contributed by atoms with E-state index in [0.717, 1.165) is 15.9 Å². The molecule has 0 amide bonds. The van der Waals surface area contributed by atoms with E-state index in [1.165, 1.54) is 4.88 Å². The summed E-state index contributed by atoms with van der Waals surface area (Å²) in [6.45, 7) is 4.18. The maximum absolute atomic E-state index is 6.12. The van der Waals surface area contributed by atoms with Crippen LogP contribution >= 0.6 is 38.9 Å². The van der Waals surface area contributed by atoms with Gasteiger partial charge < -0.3 is 5.32 Å². The SMILES string of the molecule is CCc1cnc(C(C)Nc2ncc(Br)cc2Cl)s1. The molecule has 1 unspecified atom stereocenters. The van der Waals surface area contributed by atoms with Gasteiger partial charge in [-0.15, -0.1) is 11.3 Å². The number of nitrogens with one attached hydrogen (secondary N) is 1. The Morgan fingerprint density at radius 2 is 2.22 bits per heavy atom. The Hall–Kier alpha value is -0.650. The maximum atomic E-state index is 6.12. The Balaban J connectivity index is 2.13. The second-order valence-electron chi connectivity index (χ2n) is 3.87. The molecule has 6 heteroatoms. The van der Waals surface area contributed by atoms with Crippen LogP contribution < -0.4 is 5.32 Å². The van der Waals surface area contributed by atoms with E-state index in [-0.39, 0.29) is 6.04 Å². The molecule has 2 aromatic rings. The van der Waals surface area contributed by atoms with E-state index in [2.05, 4.69) is 45.1 Å². The van der Waals surface area contributed by atoms with E-state index in [1.807, 2.05) is 12.3 Å². The van der Waals surface area contributed by atoms with Crippen molar-refractivity contribution in [2.45, 2.75) is 26.3 Å². The van der Waals surface area contributed by atoms with Crippen LogP contribution in [0.4, 0.5) is 5.82 Å². The van der Waals surface area contributed by atoms with E-state index in [0.29, 0.717) is 10.8 Å². The number of anilines is 1. The van der Waals surface area contributed by atoms with Crippen LogP contribution in [0, 0.1) is 0 Å². The fraction of sp³-hybridized carbons (Fsp3) is 0.333. The van der Waals surface area contributed by atoms with Crippen LogP contribution in [-0.2, 0) is 6.42 Å². The first-order valence-electron chi connectivity index (χ1n) is 5.62. The normalized spacial score (nSPS) is 12.4. The summed E-state index contributed by atoms with van der Waals surface area (Å²) in [5, 5.41) is 4.92. The van der Waals surface area contributed by atoms with Crippen molar-refractivity contribution in [3.63, 3.8) is 0 Å². The van der Waals surface area contributed by atoms with Gasteiger partial charge in [0.25, 0.3) is 0 Å². The fourth-order valence-electron chi connectivity index (χ4n) is 1.47. The highest BCUT2D eigenvalue weighted by atomic mass is 79.9. The van der Waals surface area contributed by atoms with Gasteiger partial charge in [0.1, 0.15) is 10.8 Å². The minimum atomic E-state index is 0.0986. The lowest BCUT2D eigenvalue weighted by Gasteiger charge is -2.13. The van der Waals surface area contributed by atoms with Crippen LogP contribution in [0.25, 0.3) is 0 Å². The number of pyridine rings is 1. The smallest absolute Gasteiger partial charge is 0.145 e. The Morgan fingerprint density at radius 1 is 1.44 bits per heavy atom. The zero-order valence-electron chi connectivity index (χ0n) is 10.1. The van der Waals surface area contributed by atoms with Crippen LogP contribution in [0.15, 0.2) is 22.9 Å². The summed E-state index contributed by atoms with van der Waals surface area (Å²) in [4.78, 5) is 9.95. The zero-order valence-corrected chi connectivity index (χ0v) is 13.2. The average molecular weight is 347 g/mol. The van der Waals surface area contributed by atoms with Crippen molar-refractivity contribution in [3.8, 4) is 0 Å². The summed E-state index contributed by atoms with van der Waals surface area (Å²) in [6, 6.07) is 1.92. The minimum Gasteiger partial charge on any atom is -0.360 e. The first-order valence-corrected chi connectivity index (χ1v) is 7.61. The first-order chi connectivity index (χ1) is 8.60. The summed E-state index contributed by atoms with van der Waals surface area (Å²) in [7, 11) is 0. The molecule has 0 aromatic carbocycles. The van der Waals surface area contributed by atoms with Crippen LogP contribution in [0.5, 0.6) is 0 Å². The molecule has 2 heterocycles. The number of aryl methyl sites for hydroxylation is 1. The molecule has 3 nitrogen and oxygen atoms in total. The lowest BCUT2D eigenvalue weighted by Crippen LogP contribution is -2.07. The van der Waals surface area contributed by atoms with Crippen molar-refractivity contribution < 1.29 is 0 Å². The van der Waals surface area contributed by atoms with E-state index in [9.17, 15) is 0 Å². The third-order valence-corrected chi connectivity index (χ3v) is 4.50. The minimum absolute atomic E-state index is 0.0986. The van der Waals surface area contributed by atoms with E-state index >= 15 is 0 Å². The number of rotatable bonds is 4. The zero-order chi connectivity index (χ0) is 13.1. The number of halogens is 2.